The summed E-state index contributed by atoms with van der Waals surface area (Å²) in [5.41, 5.74) is 1.06. The molecule has 2 heterocycles. The summed E-state index contributed by atoms with van der Waals surface area (Å²) in [6.45, 7) is 3.33. The first-order chi connectivity index (χ1) is 9.10. The van der Waals surface area contributed by atoms with E-state index in [0.717, 1.165) is 12.1 Å². The zero-order valence-electron chi connectivity index (χ0n) is 10.7. The van der Waals surface area contributed by atoms with Crippen LogP contribution >= 0.6 is 23.2 Å². The molecule has 0 fully saturated rings. The first kappa shape index (κ1) is 14.0. The molecule has 5 nitrogen and oxygen atoms in total. The Morgan fingerprint density at radius 3 is 2.47 bits per heavy atom. The van der Waals surface area contributed by atoms with Crippen LogP contribution in [0, 0.1) is 0 Å². The minimum absolute atomic E-state index is 0.496. The average Bonchev–Trinajstić information content (AvgIpc) is 2.77. The molecule has 2 aromatic rings. The van der Waals surface area contributed by atoms with Gasteiger partial charge in [0.25, 0.3) is 0 Å². The van der Waals surface area contributed by atoms with Gasteiger partial charge in [-0.15, -0.1) is 0 Å². The molecule has 0 spiro atoms. The normalized spacial score (nSPS) is 10.5. The Balaban J connectivity index is 2.13. The molecule has 0 bridgehead atoms. The third-order valence-electron chi connectivity index (χ3n) is 2.49. The van der Waals surface area contributed by atoms with Crippen LogP contribution in [0.1, 0.15) is 12.5 Å². The fourth-order valence-electron chi connectivity index (χ4n) is 1.63. The van der Waals surface area contributed by atoms with Crippen molar-refractivity contribution in [2.45, 2.75) is 13.5 Å². The highest BCUT2D eigenvalue weighted by atomic mass is 35.5. The summed E-state index contributed by atoms with van der Waals surface area (Å²) in [5.74, 6) is 1.23. The lowest BCUT2D eigenvalue weighted by Crippen LogP contribution is -2.05. The number of pyridine rings is 1. The number of anilines is 2. The number of hydrogen-bond donors (Lipinski definition) is 2. The minimum Gasteiger partial charge on any atom is -0.369 e. The van der Waals surface area contributed by atoms with Crippen LogP contribution in [0.25, 0.3) is 0 Å². The molecule has 0 saturated carbocycles. The molecule has 0 atom stereocenters. The lowest BCUT2D eigenvalue weighted by molar-refractivity contribution is 0.767. The SMILES string of the molecule is CCNc1nc(NCc2cnn(C)c2)c(Cl)cc1Cl. The number of nitrogens with one attached hydrogen (secondary N) is 2. The summed E-state index contributed by atoms with van der Waals surface area (Å²) >= 11 is 12.2. The molecule has 0 aromatic carbocycles. The number of aromatic nitrogens is 3. The summed E-state index contributed by atoms with van der Waals surface area (Å²) < 4.78 is 1.75. The highest BCUT2D eigenvalue weighted by molar-refractivity contribution is 6.37. The van der Waals surface area contributed by atoms with Crippen LogP contribution in [-0.4, -0.2) is 21.3 Å². The molecule has 0 aliphatic carbocycles. The van der Waals surface area contributed by atoms with Crippen molar-refractivity contribution in [3.8, 4) is 0 Å². The molecule has 2 aromatic heterocycles. The van der Waals surface area contributed by atoms with E-state index in [2.05, 4.69) is 20.7 Å². The molecule has 0 saturated heterocycles. The van der Waals surface area contributed by atoms with Gasteiger partial charge in [0.2, 0.25) is 0 Å². The summed E-state index contributed by atoms with van der Waals surface area (Å²) in [5, 5.41) is 11.4. The van der Waals surface area contributed by atoms with E-state index in [-0.39, 0.29) is 0 Å². The van der Waals surface area contributed by atoms with E-state index < -0.39 is 0 Å². The predicted octanol–water partition coefficient (Wildman–Crippen LogP) is 3.17. The van der Waals surface area contributed by atoms with Crippen LogP contribution in [0.3, 0.4) is 0 Å². The molecule has 2 rings (SSSR count). The molecule has 2 N–H and O–H groups in total. The molecule has 0 aliphatic heterocycles. The highest BCUT2D eigenvalue weighted by Gasteiger charge is 2.09. The van der Waals surface area contributed by atoms with E-state index in [1.807, 2.05) is 20.2 Å². The molecular weight excluding hydrogens is 285 g/mol. The fourth-order valence-corrected chi connectivity index (χ4v) is 2.12. The van der Waals surface area contributed by atoms with Gasteiger partial charge in [-0.25, -0.2) is 4.98 Å². The third kappa shape index (κ3) is 3.52. The van der Waals surface area contributed by atoms with Crippen LogP contribution in [0.2, 0.25) is 10.0 Å². The van der Waals surface area contributed by atoms with Crippen LogP contribution in [0.4, 0.5) is 11.6 Å². The van der Waals surface area contributed by atoms with Crippen LogP contribution in [-0.2, 0) is 13.6 Å². The van der Waals surface area contributed by atoms with Gasteiger partial charge < -0.3 is 10.6 Å². The Morgan fingerprint density at radius 2 is 1.89 bits per heavy atom. The lowest BCUT2D eigenvalue weighted by Gasteiger charge is -2.11. The maximum absolute atomic E-state index is 6.12. The molecule has 7 heteroatoms. The summed E-state index contributed by atoms with van der Waals surface area (Å²) in [6.07, 6.45) is 3.73. The van der Waals surface area contributed by atoms with Gasteiger partial charge in [0.15, 0.2) is 0 Å². The van der Waals surface area contributed by atoms with Crippen molar-refractivity contribution in [3.05, 3.63) is 34.1 Å². The van der Waals surface area contributed by atoms with E-state index in [9.17, 15) is 0 Å². The minimum atomic E-state index is 0.496. The smallest absolute Gasteiger partial charge is 0.147 e. The number of nitrogens with zero attached hydrogens (tertiary/aromatic N) is 3. The zero-order valence-corrected chi connectivity index (χ0v) is 12.3. The second-order valence-electron chi connectivity index (χ2n) is 4.06. The first-order valence-electron chi connectivity index (χ1n) is 5.91. The summed E-state index contributed by atoms with van der Waals surface area (Å²) in [4.78, 5) is 4.37. The largest absolute Gasteiger partial charge is 0.369 e. The molecule has 0 amide bonds. The Hall–Kier alpha value is -1.46. The number of rotatable bonds is 5. The second-order valence-corrected chi connectivity index (χ2v) is 4.87. The van der Waals surface area contributed by atoms with E-state index in [0.29, 0.717) is 28.2 Å². The van der Waals surface area contributed by atoms with Crippen LogP contribution in [0.5, 0.6) is 0 Å². The van der Waals surface area contributed by atoms with Gasteiger partial charge in [0.05, 0.1) is 16.2 Å². The summed E-state index contributed by atoms with van der Waals surface area (Å²) in [6, 6.07) is 1.68. The lowest BCUT2D eigenvalue weighted by atomic mass is 10.3. The van der Waals surface area contributed by atoms with Crippen molar-refractivity contribution in [1.29, 1.82) is 0 Å². The fraction of sp³-hybridized carbons (Fsp3) is 0.333. The van der Waals surface area contributed by atoms with Crippen molar-refractivity contribution in [2.75, 3.05) is 17.2 Å². The Bertz CT molecular complexity index is 567. The monoisotopic (exact) mass is 299 g/mol. The van der Waals surface area contributed by atoms with E-state index in [4.69, 9.17) is 23.2 Å². The quantitative estimate of drug-likeness (QED) is 0.890. The van der Waals surface area contributed by atoms with E-state index >= 15 is 0 Å². The van der Waals surface area contributed by atoms with Gasteiger partial charge in [-0.3, -0.25) is 4.68 Å². The van der Waals surface area contributed by atoms with E-state index in [1.54, 1.807) is 16.9 Å². The van der Waals surface area contributed by atoms with Gasteiger partial charge >= 0.3 is 0 Å². The van der Waals surface area contributed by atoms with Crippen LogP contribution in [0.15, 0.2) is 18.5 Å². The Labute approximate surface area is 121 Å². The van der Waals surface area contributed by atoms with Crippen molar-refractivity contribution in [2.24, 2.45) is 7.05 Å². The van der Waals surface area contributed by atoms with Crippen molar-refractivity contribution in [3.63, 3.8) is 0 Å². The number of halogens is 2. The Morgan fingerprint density at radius 1 is 1.21 bits per heavy atom. The van der Waals surface area contributed by atoms with Gasteiger partial charge in [0, 0.05) is 31.9 Å². The second kappa shape index (κ2) is 6.12. The van der Waals surface area contributed by atoms with Gasteiger partial charge in [-0.2, -0.15) is 5.10 Å². The number of hydrogen-bond acceptors (Lipinski definition) is 4. The third-order valence-corrected chi connectivity index (χ3v) is 3.07. The highest BCUT2D eigenvalue weighted by Crippen LogP contribution is 2.29. The first-order valence-corrected chi connectivity index (χ1v) is 6.67. The van der Waals surface area contributed by atoms with Crippen molar-refractivity contribution < 1.29 is 0 Å². The molecule has 0 aliphatic rings. The molecule has 102 valence electrons. The van der Waals surface area contributed by atoms with Crippen LogP contribution < -0.4 is 10.6 Å². The van der Waals surface area contributed by atoms with Gasteiger partial charge in [-0.05, 0) is 13.0 Å². The molecule has 0 unspecified atom stereocenters. The molecular formula is C12H15Cl2N5. The van der Waals surface area contributed by atoms with Crippen molar-refractivity contribution in [1.82, 2.24) is 14.8 Å². The molecule has 0 radical (unpaired) electrons. The number of aryl methyl sites for hydroxylation is 1. The standard InChI is InChI=1S/C12H15Cl2N5/c1-3-15-11-9(13)4-10(14)12(18-11)16-5-8-6-17-19(2)7-8/h4,6-7H,3,5H2,1-2H3,(H2,15,16,18). The predicted molar refractivity (Wildman–Crippen MR) is 79.0 cm³/mol. The maximum Gasteiger partial charge on any atom is 0.147 e. The summed E-state index contributed by atoms with van der Waals surface area (Å²) in [7, 11) is 1.88. The van der Waals surface area contributed by atoms with Gasteiger partial charge in [-0.1, -0.05) is 23.2 Å². The molecule has 19 heavy (non-hydrogen) atoms. The zero-order chi connectivity index (χ0) is 13.8. The topological polar surface area (TPSA) is 54.8 Å². The van der Waals surface area contributed by atoms with E-state index in [1.165, 1.54) is 0 Å². The Kier molecular flexibility index (Phi) is 4.50. The van der Waals surface area contributed by atoms with Crippen molar-refractivity contribution >= 4 is 34.8 Å². The maximum atomic E-state index is 6.12. The average molecular weight is 300 g/mol. The van der Waals surface area contributed by atoms with Gasteiger partial charge in [0.1, 0.15) is 11.6 Å².